The zero-order valence-corrected chi connectivity index (χ0v) is 15.6. The van der Waals surface area contributed by atoms with Crippen molar-refractivity contribution < 1.29 is 12.8 Å². The Bertz CT molecular complexity index is 989. The Morgan fingerprint density at radius 2 is 1.85 bits per heavy atom. The molecule has 3 unspecified atom stereocenters. The molecular weight excluding hydrogens is 369 g/mol. The first-order valence-corrected chi connectivity index (χ1v) is 9.81. The van der Waals surface area contributed by atoms with Gasteiger partial charge in [0.05, 0.1) is 11.0 Å². The van der Waals surface area contributed by atoms with Crippen LogP contribution in [0.4, 0.5) is 10.1 Å². The standard InChI is InChI=1S/C18H20FN5O2S/c1-11-4-3-5-14(8-11)27(25,26)24-18-15(10-20)17(22-23-18)21-13-6-7-16(19)12(2)9-13/h3-9,15,17-18,21-24H,1-2H3. The lowest BCUT2D eigenvalue weighted by molar-refractivity contribution is 0.474. The number of sulfonamides is 1. The number of nitriles is 1. The van der Waals surface area contributed by atoms with Crippen molar-refractivity contribution in [1.29, 1.82) is 5.26 Å². The number of nitrogens with zero attached hydrogens (tertiary/aromatic N) is 1. The van der Waals surface area contributed by atoms with Gasteiger partial charge in [-0.15, -0.1) is 0 Å². The number of hydrogen-bond donors (Lipinski definition) is 4. The summed E-state index contributed by atoms with van der Waals surface area (Å²) >= 11 is 0. The van der Waals surface area contributed by atoms with Gasteiger partial charge in [-0.2, -0.15) is 9.98 Å². The van der Waals surface area contributed by atoms with Crippen LogP contribution in [-0.4, -0.2) is 20.7 Å². The van der Waals surface area contributed by atoms with E-state index in [4.69, 9.17) is 0 Å². The molecular formula is C18H20FN5O2S. The summed E-state index contributed by atoms with van der Waals surface area (Å²) in [5.74, 6) is -1.06. The minimum absolute atomic E-state index is 0.131. The second-order valence-corrected chi connectivity index (χ2v) is 8.16. The maximum absolute atomic E-state index is 13.4. The first kappa shape index (κ1) is 19.3. The largest absolute Gasteiger partial charge is 0.368 e. The molecule has 1 aliphatic heterocycles. The second kappa shape index (κ2) is 7.62. The number of nitrogens with one attached hydrogen (secondary N) is 4. The summed E-state index contributed by atoms with van der Waals surface area (Å²) in [5, 5.41) is 12.6. The van der Waals surface area contributed by atoms with Gasteiger partial charge in [-0.3, -0.25) is 0 Å². The van der Waals surface area contributed by atoms with Crippen LogP contribution in [0.1, 0.15) is 11.1 Å². The second-order valence-electron chi connectivity index (χ2n) is 6.44. The van der Waals surface area contributed by atoms with Crippen molar-refractivity contribution in [2.45, 2.75) is 31.1 Å². The lowest BCUT2D eigenvalue weighted by atomic mass is 10.1. The minimum atomic E-state index is -3.80. The fourth-order valence-corrected chi connectivity index (χ4v) is 4.14. The predicted octanol–water partition coefficient (Wildman–Crippen LogP) is 1.73. The molecule has 4 N–H and O–H groups in total. The summed E-state index contributed by atoms with van der Waals surface area (Å²) < 4.78 is 41.1. The molecule has 1 fully saturated rings. The van der Waals surface area contributed by atoms with Crippen LogP contribution in [0, 0.1) is 36.9 Å². The quantitative estimate of drug-likeness (QED) is 0.621. The van der Waals surface area contributed by atoms with E-state index in [1.807, 2.05) is 0 Å². The number of hydrogen-bond acceptors (Lipinski definition) is 6. The number of halogens is 1. The predicted molar refractivity (Wildman–Crippen MR) is 99.2 cm³/mol. The third-order valence-corrected chi connectivity index (χ3v) is 5.76. The van der Waals surface area contributed by atoms with Crippen LogP contribution in [0.25, 0.3) is 0 Å². The molecule has 27 heavy (non-hydrogen) atoms. The Kier molecular flexibility index (Phi) is 5.43. The topological polar surface area (TPSA) is 106 Å². The van der Waals surface area contributed by atoms with E-state index >= 15 is 0 Å². The monoisotopic (exact) mass is 389 g/mol. The molecule has 7 nitrogen and oxygen atoms in total. The highest BCUT2D eigenvalue weighted by Crippen LogP contribution is 2.20. The molecule has 9 heteroatoms. The smallest absolute Gasteiger partial charge is 0.241 e. The molecule has 142 valence electrons. The van der Waals surface area contributed by atoms with E-state index < -0.39 is 28.3 Å². The highest BCUT2D eigenvalue weighted by molar-refractivity contribution is 7.89. The SMILES string of the molecule is Cc1cccc(S(=O)(=O)NC2NNC(Nc3ccc(F)c(C)c3)C2C#N)c1. The van der Waals surface area contributed by atoms with Gasteiger partial charge in [0.25, 0.3) is 0 Å². The summed E-state index contributed by atoms with van der Waals surface area (Å²) in [6, 6.07) is 13.1. The third kappa shape index (κ3) is 4.26. The highest BCUT2D eigenvalue weighted by atomic mass is 32.2. The average Bonchev–Trinajstić information content (AvgIpc) is 2.99. The molecule has 0 aromatic heterocycles. The molecule has 3 rings (SSSR count). The van der Waals surface area contributed by atoms with Gasteiger partial charge in [0.15, 0.2) is 0 Å². The van der Waals surface area contributed by atoms with E-state index in [0.29, 0.717) is 11.3 Å². The van der Waals surface area contributed by atoms with Gasteiger partial charge in [-0.05, 0) is 55.3 Å². The number of aryl methyl sites for hydroxylation is 2. The van der Waals surface area contributed by atoms with E-state index in [2.05, 4.69) is 27.0 Å². The van der Waals surface area contributed by atoms with Gasteiger partial charge in [-0.1, -0.05) is 12.1 Å². The summed E-state index contributed by atoms with van der Waals surface area (Å²) in [6.07, 6.45) is -1.40. The Labute approximate surface area is 157 Å². The molecule has 1 aliphatic rings. The van der Waals surface area contributed by atoms with Crippen LogP contribution in [0.15, 0.2) is 47.4 Å². The molecule has 3 atom stereocenters. The summed E-state index contributed by atoms with van der Waals surface area (Å²) in [6.45, 7) is 3.44. The molecule has 0 saturated carbocycles. The van der Waals surface area contributed by atoms with Gasteiger partial charge >= 0.3 is 0 Å². The van der Waals surface area contributed by atoms with Gasteiger partial charge in [0, 0.05) is 5.69 Å². The molecule has 1 saturated heterocycles. The van der Waals surface area contributed by atoms with E-state index in [1.54, 1.807) is 44.2 Å². The molecule has 2 aromatic rings. The Hall–Kier alpha value is -2.51. The van der Waals surface area contributed by atoms with Crippen molar-refractivity contribution in [3.05, 3.63) is 59.4 Å². The minimum Gasteiger partial charge on any atom is -0.368 e. The first-order valence-electron chi connectivity index (χ1n) is 8.32. The molecule has 2 aromatic carbocycles. The average molecular weight is 389 g/mol. The molecule has 0 bridgehead atoms. The van der Waals surface area contributed by atoms with E-state index in [0.717, 1.165) is 5.56 Å². The summed E-state index contributed by atoms with van der Waals surface area (Å²) in [7, 11) is -3.80. The van der Waals surface area contributed by atoms with Gasteiger partial charge in [0.2, 0.25) is 10.0 Å². The normalized spacial score (nSPS) is 22.4. The zero-order chi connectivity index (χ0) is 19.6. The van der Waals surface area contributed by atoms with Gasteiger partial charge in [-0.25, -0.2) is 23.7 Å². The zero-order valence-electron chi connectivity index (χ0n) is 14.8. The van der Waals surface area contributed by atoms with Gasteiger partial charge < -0.3 is 5.32 Å². The van der Waals surface area contributed by atoms with Crippen LogP contribution in [0.2, 0.25) is 0 Å². The van der Waals surface area contributed by atoms with Crippen molar-refractivity contribution >= 4 is 15.7 Å². The van der Waals surface area contributed by atoms with Crippen LogP contribution in [0.5, 0.6) is 0 Å². The lowest BCUT2D eigenvalue weighted by Crippen LogP contribution is -2.46. The molecule has 0 amide bonds. The number of rotatable bonds is 5. The fourth-order valence-electron chi connectivity index (χ4n) is 2.86. The van der Waals surface area contributed by atoms with Crippen LogP contribution < -0.4 is 20.9 Å². The van der Waals surface area contributed by atoms with Gasteiger partial charge in [0.1, 0.15) is 24.1 Å². The number of benzene rings is 2. The summed E-state index contributed by atoms with van der Waals surface area (Å²) in [5.41, 5.74) is 7.57. The lowest BCUT2D eigenvalue weighted by Gasteiger charge is -2.19. The van der Waals surface area contributed by atoms with Crippen molar-refractivity contribution in [2.75, 3.05) is 5.32 Å². The first-order chi connectivity index (χ1) is 12.8. The fraction of sp³-hybridized carbons (Fsp3) is 0.278. The maximum atomic E-state index is 13.4. The van der Waals surface area contributed by atoms with E-state index in [-0.39, 0.29) is 10.7 Å². The third-order valence-electron chi connectivity index (χ3n) is 4.32. The highest BCUT2D eigenvalue weighted by Gasteiger charge is 2.38. The maximum Gasteiger partial charge on any atom is 0.241 e. The van der Waals surface area contributed by atoms with Crippen LogP contribution >= 0.6 is 0 Å². The Balaban J connectivity index is 1.74. The molecule has 0 radical (unpaired) electrons. The molecule has 0 aliphatic carbocycles. The van der Waals surface area contributed by atoms with Crippen LogP contribution in [-0.2, 0) is 10.0 Å². The van der Waals surface area contributed by atoms with Crippen molar-refractivity contribution in [1.82, 2.24) is 15.6 Å². The molecule has 0 spiro atoms. The van der Waals surface area contributed by atoms with Crippen LogP contribution in [0.3, 0.4) is 0 Å². The number of anilines is 1. The Morgan fingerprint density at radius 1 is 1.11 bits per heavy atom. The number of hydrazine groups is 1. The van der Waals surface area contributed by atoms with E-state index in [9.17, 15) is 18.1 Å². The van der Waals surface area contributed by atoms with Crippen molar-refractivity contribution in [3.8, 4) is 6.07 Å². The van der Waals surface area contributed by atoms with Crippen molar-refractivity contribution in [2.24, 2.45) is 5.92 Å². The summed E-state index contributed by atoms with van der Waals surface area (Å²) in [4.78, 5) is 0.131. The van der Waals surface area contributed by atoms with Crippen molar-refractivity contribution in [3.63, 3.8) is 0 Å². The van der Waals surface area contributed by atoms with E-state index in [1.165, 1.54) is 12.1 Å². The Morgan fingerprint density at radius 3 is 2.52 bits per heavy atom. The molecule has 1 heterocycles.